The van der Waals surface area contributed by atoms with Crippen molar-refractivity contribution in [1.82, 2.24) is 9.88 Å². The van der Waals surface area contributed by atoms with Gasteiger partial charge in [0.15, 0.2) is 6.61 Å². The third-order valence-electron chi connectivity index (χ3n) is 3.09. The van der Waals surface area contributed by atoms with Crippen molar-refractivity contribution in [2.45, 2.75) is 31.7 Å². The lowest BCUT2D eigenvalue weighted by molar-refractivity contribution is -0.148. The topological polar surface area (TPSA) is 78.2 Å². The maximum Gasteiger partial charge on any atom is 0.340 e. The van der Waals surface area contributed by atoms with Crippen molar-refractivity contribution in [3.8, 4) is 11.9 Å². The summed E-state index contributed by atoms with van der Waals surface area (Å²) >= 11 is 0. The predicted molar refractivity (Wildman–Crippen MR) is 77.2 cm³/mol. The van der Waals surface area contributed by atoms with E-state index in [0.717, 1.165) is 12.3 Å². The summed E-state index contributed by atoms with van der Waals surface area (Å²) in [5, 5.41) is 11.1. The fraction of sp³-hybridized carbons (Fsp3) is 0.500. The van der Waals surface area contributed by atoms with Gasteiger partial charge in [-0.15, -0.1) is 0 Å². The lowest BCUT2D eigenvalue weighted by Crippen LogP contribution is -2.38. The number of amides is 2. The van der Waals surface area contributed by atoms with Crippen LogP contribution in [-0.2, 0) is 0 Å². The number of rotatable bonds is 7. The second-order valence-corrected chi connectivity index (χ2v) is 4.99. The fourth-order valence-corrected chi connectivity index (χ4v) is 1.45. The molecule has 1 N–H and O–H groups in total. The first-order valence-electron chi connectivity index (χ1n) is 6.83. The van der Waals surface area contributed by atoms with E-state index < -0.39 is 25.0 Å². The normalized spacial score (nSPS) is 12.4. The predicted octanol–water partition coefficient (Wildman–Crippen LogP) is 3.13. The molecule has 0 saturated heterocycles. The van der Waals surface area contributed by atoms with Crippen molar-refractivity contribution in [1.29, 1.82) is 5.26 Å². The van der Waals surface area contributed by atoms with Gasteiger partial charge >= 0.3 is 18.4 Å². The average molecular weight is 348 g/mol. The summed E-state index contributed by atoms with van der Waals surface area (Å²) in [6, 6.07) is 3.64. The number of alkyl halides is 4. The largest absolute Gasteiger partial charge is 0.471 e. The first-order chi connectivity index (χ1) is 11.2. The zero-order chi connectivity index (χ0) is 18.3. The van der Waals surface area contributed by atoms with Gasteiger partial charge in [-0.3, -0.25) is 0 Å². The number of anilines is 1. The maximum atomic E-state index is 12.7. The Morgan fingerprint density at radius 3 is 2.67 bits per heavy atom. The lowest BCUT2D eigenvalue weighted by Gasteiger charge is -2.23. The highest BCUT2D eigenvalue weighted by atomic mass is 19.3. The summed E-state index contributed by atoms with van der Waals surface area (Å²) in [5.74, 6) is -4.55. The van der Waals surface area contributed by atoms with Gasteiger partial charge in [0, 0.05) is 19.2 Å². The van der Waals surface area contributed by atoms with E-state index in [4.69, 9.17) is 5.26 Å². The van der Waals surface area contributed by atoms with E-state index in [9.17, 15) is 22.4 Å². The van der Waals surface area contributed by atoms with E-state index in [1.54, 1.807) is 6.92 Å². The van der Waals surface area contributed by atoms with Gasteiger partial charge in [0.2, 0.25) is 5.88 Å². The quantitative estimate of drug-likeness (QED) is 0.768. The molecule has 1 rings (SSSR count). The zero-order valence-corrected chi connectivity index (χ0v) is 13.0. The second kappa shape index (κ2) is 8.33. The fourth-order valence-electron chi connectivity index (χ4n) is 1.45. The van der Waals surface area contributed by atoms with E-state index in [1.165, 1.54) is 18.0 Å². The highest BCUT2D eigenvalue weighted by molar-refractivity contribution is 5.89. The first-order valence-corrected chi connectivity index (χ1v) is 6.83. The van der Waals surface area contributed by atoms with Gasteiger partial charge in [-0.05, 0) is 13.0 Å². The van der Waals surface area contributed by atoms with Crippen LogP contribution in [0.1, 0.15) is 13.3 Å². The summed E-state index contributed by atoms with van der Waals surface area (Å²) in [6.07, 6.45) is -2.54. The third kappa shape index (κ3) is 5.57. The molecule has 0 fully saturated rings. The molecule has 0 aliphatic heterocycles. The molecule has 0 saturated carbocycles. The van der Waals surface area contributed by atoms with E-state index in [2.05, 4.69) is 15.0 Å². The van der Waals surface area contributed by atoms with Crippen LogP contribution in [0.3, 0.4) is 0 Å². The molecular formula is C14H16F4N4O2. The molecule has 2 amide bonds. The van der Waals surface area contributed by atoms with Gasteiger partial charge in [-0.25, -0.2) is 18.6 Å². The number of hydrogen-bond acceptors (Lipinski definition) is 4. The van der Waals surface area contributed by atoms with Crippen molar-refractivity contribution < 1.29 is 27.1 Å². The molecule has 6 nitrogen and oxygen atoms in total. The van der Waals surface area contributed by atoms with Crippen LogP contribution in [0.2, 0.25) is 0 Å². The van der Waals surface area contributed by atoms with Crippen LogP contribution in [0.4, 0.5) is 28.0 Å². The Morgan fingerprint density at radius 1 is 1.50 bits per heavy atom. The molecule has 10 heteroatoms. The van der Waals surface area contributed by atoms with Crippen LogP contribution >= 0.6 is 0 Å². The Bertz CT molecular complexity index is 589. The molecule has 0 aliphatic carbocycles. The second-order valence-electron chi connectivity index (χ2n) is 4.99. The number of pyridine rings is 1. The van der Waals surface area contributed by atoms with Gasteiger partial charge in [-0.2, -0.15) is 14.0 Å². The average Bonchev–Trinajstić information content (AvgIpc) is 2.53. The molecule has 0 spiro atoms. The number of urea groups is 1. The van der Waals surface area contributed by atoms with Crippen LogP contribution in [0.25, 0.3) is 0 Å². The van der Waals surface area contributed by atoms with Crippen LogP contribution in [0.5, 0.6) is 5.88 Å². The Kier molecular flexibility index (Phi) is 6.76. The molecule has 1 aromatic heterocycles. The molecule has 0 aliphatic rings. The van der Waals surface area contributed by atoms with Gasteiger partial charge in [0.05, 0.1) is 24.4 Å². The van der Waals surface area contributed by atoms with Crippen LogP contribution in [0.15, 0.2) is 18.3 Å². The Hall–Kier alpha value is -2.57. The molecule has 132 valence electrons. The summed E-state index contributed by atoms with van der Waals surface area (Å²) in [6.45, 7) is 0.193. The van der Waals surface area contributed by atoms with Gasteiger partial charge in [0.25, 0.3) is 0 Å². The minimum absolute atomic E-state index is 0.160. The monoisotopic (exact) mass is 348 g/mol. The maximum absolute atomic E-state index is 12.7. The Balaban J connectivity index is 2.59. The minimum Gasteiger partial charge on any atom is -0.471 e. The third-order valence-corrected chi connectivity index (χ3v) is 3.09. The molecule has 1 unspecified atom stereocenters. The number of halogens is 4. The molecule has 0 radical (unpaired) electrons. The molecule has 1 aromatic rings. The molecule has 1 atom stereocenters. The molecule has 1 heterocycles. The van der Waals surface area contributed by atoms with Gasteiger partial charge in [0.1, 0.15) is 0 Å². The highest BCUT2D eigenvalue weighted by Crippen LogP contribution is 2.24. The van der Waals surface area contributed by atoms with Crippen molar-refractivity contribution in [3.63, 3.8) is 0 Å². The molecule has 24 heavy (non-hydrogen) atoms. The van der Waals surface area contributed by atoms with E-state index in [1.807, 2.05) is 6.07 Å². The minimum atomic E-state index is -4.27. The summed E-state index contributed by atoms with van der Waals surface area (Å²) in [4.78, 5) is 16.9. The van der Waals surface area contributed by atoms with Crippen LogP contribution < -0.4 is 10.1 Å². The number of ether oxygens (including phenoxy) is 1. The lowest BCUT2D eigenvalue weighted by atomic mass is 10.2. The summed E-state index contributed by atoms with van der Waals surface area (Å²) in [7, 11) is 1.51. The van der Waals surface area contributed by atoms with E-state index in [0.29, 0.717) is 0 Å². The number of nitriles is 1. The first kappa shape index (κ1) is 19.5. The van der Waals surface area contributed by atoms with Crippen LogP contribution in [-0.4, -0.2) is 48.0 Å². The van der Waals surface area contributed by atoms with Crippen LogP contribution in [0, 0.1) is 11.3 Å². The highest BCUT2D eigenvalue weighted by Gasteiger charge is 2.41. The van der Waals surface area contributed by atoms with Crippen molar-refractivity contribution in [3.05, 3.63) is 18.3 Å². The van der Waals surface area contributed by atoms with Crippen molar-refractivity contribution >= 4 is 11.7 Å². The number of carbonyl (C=O) groups is 1. The molecular weight excluding hydrogens is 332 g/mol. The SMILES string of the molecule is CC(CC#N)N(C)C(=O)Nc1ccc(OCC(F)(F)C(F)F)nc1. The molecule has 0 bridgehead atoms. The standard InChI is InChI=1S/C14H16F4N4O2/c1-9(5-6-19)22(2)13(23)21-10-3-4-11(20-7-10)24-8-14(17,18)12(15)16/h3-4,7,9,12H,5,8H2,1-2H3,(H,21,23). The Labute approximate surface area is 136 Å². The number of hydrogen-bond donors (Lipinski definition) is 1. The van der Waals surface area contributed by atoms with Gasteiger partial charge < -0.3 is 15.0 Å². The number of nitrogens with zero attached hydrogens (tertiary/aromatic N) is 3. The summed E-state index contributed by atoms with van der Waals surface area (Å²) < 4.78 is 53.9. The van der Waals surface area contributed by atoms with Crippen molar-refractivity contribution in [2.24, 2.45) is 0 Å². The summed E-state index contributed by atoms with van der Waals surface area (Å²) in [5.41, 5.74) is 0.254. The van der Waals surface area contributed by atoms with E-state index in [-0.39, 0.29) is 24.0 Å². The van der Waals surface area contributed by atoms with E-state index >= 15 is 0 Å². The number of nitrogens with one attached hydrogen (secondary N) is 1. The molecule has 0 aromatic carbocycles. The van der Waals surface area contributed by atoms with Gasteiger partial charge in [-0.1, -0.05) is 0 Å². The zero-order valence-electron chi connectivity index (χ0n) is 13.0. The number of aromatic nitrogens is 1. The Morgan fingerprint density at radius 2 is 2.17 bits per heavy atom. The number of carbonyl (C=O) groups excluding carboxylic acids is 1. The van der Waals surface area contributed by atoms with Crippen molar-refractivity contribution in [2.75, 3.05) is 19.0 Å². The smallest absolute Gasteiger partial charge is 0.340 e.